The molecule has 0 saturated heterocycles. The maximum Gasteiger partial charge on any atom is 0.280 e. The fourth-order valence-corrected chi connectivity index (χ4v) is 3.07. The van der Waals surface area contributed by atoms with E-state index in [4.69, 9.17) is 4.74 Å². The SMILES string of the molecule is CCOc1ccc(-c2[nH]c(O)c3c2C(=O)N=C3c2ccc(O)cc2)cc1. The number of fused-ring (bicyclic) bond motifs is 1. The van der Waals surface area contributed by atoms with Gasteiger partial charge in [-0.05, 0) is 61.0 Å². The first-order valence-corrected chi connectivity index (χ1v) is 8.19. The van der Waals surface area contributed by atoms with Gasteiger partial charge in [-0.25, -0.2) is 4.99 Å². The molecule has 3 N–H and O–H groups in total. The van der Waals surface area contributed by atoms with Crippen LogP contribution in [0.5, 0.6) is 17.4 Å². The largest absolute Gasteiger partial charge is 0.508 e. The lowest BCUT2D eigenvalue weighted by Gasteiger charge is -2.04. The van der Waals surface area contributed by atoms with E-state index in [0.717, 1.165) is 11.3 Å². The van der Waals surface area contributed by atoms with Crippen molar-refractivity contribution >= 4 is 11.6 Å². The fraction of sp³-hybridized carbons (Fsp3) is 0.100. The number of aromatic hydroxyl groups is 2. The van der Waals surface area contributed by atoms with Gasteiger partial charge in [0.05, 0.1) is 29.1 Å². The zero-order valence-corrected chi connectivity index (χ0v) is 14.0. The van der Waals surface area contributed by atoms with E-state index in [1.807, 2.05) is 31.2 Å². The van der Waals surface area contributed by atoms with Crippen LogP contribution < -0.4 is 4.74 Å². The highest BCUT2D eigenvalue weighted by atomic mass is 16.5. The standard InChI is InChI=1S/C20H16N2O4/c1-2-26-14-9-5-12(6-10-14)18-16-15(19(24)22-18)17(21-20(16)25)11-3-7-13(23)8-4-11/h3-10,22-24H,2H2,1H3. The number of carbonyl (C=O) groups is 1. The average molecular weight is 348 g/mol. The van der Waals surface area contributed by atoms with Crippen LogP contribution >= 0.6 is 0 Å². The lowest BCUT2D eigenvalue weighted by Crippen LogP contribution is -1.99. The van der Waals surface area contributed by atoms with E-state index in [1.165, 1.54) is 12.1 Å². The molecule has 4 rings (SSSR count). The van der Waals surface area contributed by atoms with Crippen molar-refractivity contribution in [1.82, 2.24) is 4.98 Å². The van der Waals surface area contributed by atoms with Gasteiger partial charge >= 0.3 is 0 Å². The van der Waals surface area contributed by atoms with Gasteiger partial charge in [-0.1, -0.05) is 0 Å². The van der Waals surface area contributed by atoms with Crippen molar-refractivity contribution in [2.24, 2.45) is 4.99 Å². The number of amides is 1. The summed E-state index contributed by atoms with van der Waals surface area (Å²) in [5, 5.41) is 19.8. The molecule has 0 saturated carbocycles. The molecule has 0 unspecified atom stereocenters. The summed E-state index contributed by atoms with van der Waals surface area (Å²) in [6, 6.07) is 13.6. The summed E-state index contributed by atoms with van der Waals surface area (Å²) in [6.07, 6.45) is 0. The highest BCUT2D eigenvalue weighted by Crippen LogP contribution is 2.38. The molecule has 0 fully saturated rings. The molecule has 6 nitrogen and oxygen atoms in total. The molecule has 130 valence electrons. The topological polar surface area (TPSA) is 94.9 Å². The number of aliphatic imine (C=N–C) groups is 1. The fourth-order valence-electron chi connectivity index (χ4n) is 3.07. The Morgan fingerprint density at radius 3 is 2.27 bits per heavy atom. The minimum atomic E-state index is -0.413. The van der Waals surface area contributed by atoms with E-state index >= 15 is 0 Å². The van der Waals surface area contributed by atoms with Gasteiger partial charge < -0.3 is 19.9 Å². The second-order valence-corrected chi connectivity index (χ2v) is 5.87. The summed E-state index contributed by atoms with van der Waals surface area (Å²) in [5.41, 5.74) is 3.02. The van der Waals surface area contributed by atoms with Crippen molar-refractivity contribution < 1.29 is 19.7 Å². The average Bonchev–Trinajstić information content (AvgIpc) is 3.16. The molecule has 1 amide bonds. The monoisotopic (exact) mass is 348 g/mol. The number of phenolic OH excluding ortho intramolecular Hbond substituents is 1. The number of aromatic nitrogens is 1. The number of carbonyl (C=O) groups excluding carboxylic acids is 1. The molecule has 2 heterocycles. The molecule has 0 bridgehead atoms. The lowest BCUT2D eigenvalue weighted by atomic mass is 10.00. The highest BCUT2D eigenvalue weighted by Gasteiger charge is 2.33. The molecular formula is C20H16N2O4. The predicted octanol–water partition coefficient (Wildman–Crippen LogP) is 3.48. The number of ether oxygens (including phenoxy) is 1. The van der Waals surface area contributed by atoms with Gasteiger partial charge in [0.15, 0.2) is 5.88 Å². The van der Waals surface area contributed by atoms with Crippen molar-refractivity contribution in [3.05, 3.63) is 65.2 Å². The Labute approximate surface area is 149 Å². The van der Waals surface area contributed by atoms with Crippen LogP contribution in [0.2, 0.25) is 0 Å². The molecule has 2 aromatic carbocycles. The second-order valence-electron chi connectivity index (χ2n) is 5.87. The van der Waals surface area contributed by atoms with E-state index in [0.29, 0.717) is 34.7 Å². The van der Waals surface area contributed by atoms with E-state index in [2.05, 4.69) is 9.98 Å². The van der Waals surface area contributed by atoms with E-state index in [1.54, 1.807) is 12.1 Å². The van der Waals surface area contributed by atoms with Crippen molar-refractivity contribution in [2.75, 3.05) is 6.61 Å². The molecule has 6 heteroatoms. The molecule has 0 atom stereocenters. The van der Waals surface area contributed by atoms with Gasteiger partial charge in [-0.3, -0.25) is 4.79 Å². The Morgan fingerprint density at radius 1 is 0.962 bits per heavy atom. The lowest BCUT2D eigenvalue weighted by molar-refractivity contribution is 0.101. The van der Waals surface area contributed by atoms with Crippen molar-refractivity contribution in [3.8, 4) is 28.6 Å². The van der Waals surface area contributed by atoms with Crippen molar-refractivity contribution in [3.63, 3.8) is 0 Å². The first kappa shape index (κ1) is 16.0. The van der Waals surface area contributed by atoms with Crippen LogP contribution in [0.25, 0.3) is 11.3 Å². The highest BCUT2D eigenvalue weighted by molar-refractivity contribution is 6.30. The quantitative estimate of drug-likeness (QED) is 0.673. The van der Waals surface area contributed by atoms with Crippen LogP contribution in [0.3, 0.4) is 0 Å². The van der Waals surface area contributed by atoms with Crippen molar-refractivity contribution in [1.29, 1.82) is 0 Å². The molecule has 1 aliphatic heterocycles. The summed E-state index contributed by atoms with van der Waals surface area (Å²) in [5.74, 6) is 0.327. The number of hydrogen-bond acceptors (Lipinski definition) is 4. The molecule has 1 aliphatic rings. The summed E-state index contributed by atoms with van der Waals surface area (Å²) in [4.78, 5) is 19.5. The first-order chi connectivity index (χ1) is 12.6. The predicted molar refractivity (Wildman–Crippen MR) is 97.1 cm³/mol. The van der Waals surface area contributed by atoms with Gasteiger partial charge in [-0.15, -0.1) is 0 Å². The third-order valence-electron chi connectivity index (χ3n) is 4.24. The number of hydrogen-bond donors (Lipinski definition) is 3. The number of rotatable bonds is 4. The smallest absolute Gasteiger partial charge is 0.280 e. The molecule has 0 spiro atoms. The molecule has 1 aromatic heterocycles. The van der Waals surface area contributed by atoms with Gasteiger partial charge in [0.1, 0.15) is 11.5 Å². The molecule has 26 heavy (non-hydrogen) atoms. The second kappa shape index (κ2) is 6.07. The Hall–Kier alpha value is -3.54. The minimum Gasteiger partial charge on any atom is -0.508 e. The Bertz CT molecular complexity index is 1020. The maximum absolute atomic E-state index is 12.5. The van der Waals surface area contributed by atoms with Crippen LogP contribution in [-0.2, 0) is 0 Å². The van der Waals surface area contributed by atoms with Crippen LogP contribution in [0.1, 0.15) is 28.4 Å². The molecular weight excluding hydrogens is 332 g/mol. The van der Waals surface area contributed by atoms with Gasteiger partial charge in [0.2, 0.25) is 0 Å². The Kier molecular flexibility index (Phi) is 3.73. The van der Waals surface area contributed by atoms with Crippen LogP contribution in [0.4, 0.5) is 0 Å². The number of benzene rings is 2. The molecule has 3 aromatic rings. The van der Waals surface area contributed by atoms with Gasteiger partial charge in [0, 0.05) is 5.56 Å². The van der Waals surface area contributed by atoms with E-state index < -0.39 is 5.91 Å². The summed E-state index contributed by atoms with van der Waals surface area (Å²) in [7, 11) is 0. The Morgan fingerprint density at radius 2 is 1.62 bits per heavy atom. The number of H-pyrrole nitrogens is 1. The summed E-state index contributed by atoms with van der Waals surface area (Å²) >= 11 is 0. The van der Waals surface area contributed by atoms with Crippen LogP contribution in [-0.4, -0.2) is 33.4 Å². The van der Waals surface area contributed by atoms with Crippen LogP contribution in [0.15, 0.2) is 53.5 Å². The zero-order chi connectivity index (χ0) is 18.3. The number of nitrogens with zero attached hydrogens (tertiary/aromatic N) is 1. The summed E-state index contributed by atoms with van der Waals surface area (Å²) < 4.78 is 5.43. The maximum atomic E-state index is 12.5. The van der Waals surface area contributed by atoms with Gasteiger partial charge in [0.25, 0.3) is 5.91 Å². The third-order valence-corrected chi connectivity index (χ3v) is 4.24. The third kappa shape index (κ3) is 2.52. The van der Waals surface area contributed by atoms with E-state index in [-0.39, 0.29) is 11.6 Å². The Balaban J connectivity index is 1.78. The number of aromatic amines is 1. The van der Waals surface area contributed by atoms with Gasteiger partial charge in [-0.2, -0.15) is 0 Å². The zero-order valence-electron chi connectivity index (χ0n) is 14.0. The van der Waals surface area contributed by atoms with Crippen LogP contribution in [0, 0.1) is 0 Å². The number of nitrogens with one attached hydrogen (secondary N) is 1. The molecule has 0 aliphatic carbocycles. The van der Waals surface area contributed by atoms with E-state index in [9.17, 15) is 15.0 Å². The summed E-state index contributed by atoms with van der Waals surface area (Å²) in [6.45, 7) is 2.48. The first-order valence-electron chi connectivity index (χ1n) is 8.19. The number of phenols is 1. The normalized spacial score (nSPS) is 12.8. The van der Waals surface area contributed by atoms with Crippen molar-refractivity contribution in [2.45, 2.75) is 6.92 Å². The minimum absolute atomic E-state index is 0.110. The molecule has 0 radical (unpaired) electrons.